The van der Waals surface area contributed by atoms with Gasteiger partial charge in [0.25, 0.3) is 0 Å². The zero-order valence-corrected chi connectivity index (χ0v) is 10.4. The van der Waals surface area contributed by atoms with Crippen molar-refractivity contribution in [3.05, 3.63) is 0 Å². The van der Waals surface area contributed by atoms with E-state index in [-0.39, 0.29) is 5.41 Å². The Hall–Kier alpha value is -0.590. The average molecular weight is 222 g/mol. The second kappa shape index (κ2) is 4.35. The Morgan fingerprint density at radius 1 is 1.44 bits per heavy atom. The van der Waals surface area contributed by atoms with Crippen molar-refractivity contribution in [1.82, 2.24) is 5.32 Å². The summed E-state index contributed by atoms with van der Waals surface area (Å²) in [5.41, 5.74) is 0.134. The molecular formula is C13H22N2O. The zero-order chi connectivity index (χ0) is 11.6. The molecule has 3 heteroatoms. The van der Waals surface area contributed by atoms with Gasteiger partial charge in [0, 0.05) is 13.1 Å². The summed E-state index contributed by atoms with van der Waals surface area (Å²) in [5, 5.41) is 12.5. The van der Waals surface area contributed by atoms with Crippen molar-refractivity contribution in [3.63, 3.8) is 0 Å². The minimum atomic E-state index is -0.240. The minimum Gasteiger partial charge on any atom is -0.378 e. The fraction of sp³-hybridized carbons (Fsp3) is 0.923. The first kappa shape index (κ1) is 11.9. The first-order valence-electron chi connectivity index (χ1n) is 6.28. The molecule has 3 nitrogen and oxygen atoms in total. The first-order valence-corrected chi connectivity index (χ1v) is 6.28. The molecule has 0 bridgehead atoms. The van der Waals surface area contributed by atoms with Gasteiger partial charge in [-0.25, -0.2) is 0 Å². The maximum atomic E-state index is 9.06. The molecule has 16 heavy (non-hydrogen) atoms. The van der Waals surface area contributed by atoms with Gasteiger partial charge in [0.2, 0.25) is 0 Å². The molecule has 1 N–H and O–H groups in total. The van der Waals surface area contributed by atoms with Crippen molar-refractivity contribution in [2.45, 2.75) is 33.1 Å². The number of rotatable bonds is 5. The van der Waals surface area contributed by atoms with Crippen LogP contribution in [0.4, 0.5) is 0 Å². The fourth-order valence-corrected chi connectivity index (χ4v) is 2.51. The van der Waals surface area contributed by atoms with Gasteiger partial charge >= 0.3 is 0 Å². The van der Waals surface area contributed by atoms with Gasteiger partial charge in [-0.05, 0) is 24.2 Å². The zero-order valence-electron chi connectivity index (χ0n) is 10.4. The largest absolute Gasteiger partial charge is 0.378 e. The van der Waals surface area contributed by atoms with E-state index in [4.69, 9.17) is 10.00 Å². The van der Waals surface area contributed by atoms with E-state index in [0.29, 0.717) is 18.6 Å². The van der Waals surface area contributed by atoms with Crippen LogP contribution in [0.3, 0.4) is 0 Å². The molecule has 2 fully saturated rings. The van der Waals surface area contributed by atoms with E-state index >= 15 is 0 Å². The quantitative estimate of drug-likeness (QED) is 0.773. The topological polar surface area (TPSA) is 45.0 Å². The summed E-state index contributed by atoms with van der Waals surface area (Å²) < 4.78 is 5.13. The van der Waals surface area contributed by atoms with Crippen LogP contribution in [0.5, 0.6) is 0 Å². The molecule has 1 aliphatic heterocycles. The second-order valence-electron chi connectivity index (χ2n) is 6.10. The average Bonchev–Trinajstić information content (AvgIpc) is 2.05. The summed E-state index contributed by atoms with van der Waals surface area (Å²) in [5.74, 6) is 0.871. The van der Waals surface area contributed by atoms with Crippen LogP contribution in [0.2, 0.25) is 0 Å². The Labute approximate surface area is 98.2 Å². The van der Waals surface area contributed by atoms with Gasteiger partial charge in [-0.15, -0.1) is 0 Å². The first-order chi connectivity index (χ1) is 7.58. The standard InChI is InChI=1S/C13H22N2O/c1-12(2,11-4-3-5-11)7-15-8-13(6-14)9-16-10-13/h11,15H,3-5,7-10H2,1-2H3. The molecule has 0 atom stereocenters. The summed E-state index contributed by atoms with van der Waals surface area (Å²) >= 11 is 0. The van der Waals surface area contributed by atoms with Gasteiger partial charge in [-0.2, -0.15) is 5.26 Å². The van der Waals surface area contributed by atoms with Crippen LogP contribution in [0.25, 0.3) is 0 Å². The second-order valence-corrected chi connectivity index (χ2v) is 6.10. The summed E-state index contributed by atoms with van der Waals surface area (Å²) in [7, 11) is 0. The number of ether oxygens (including phenoxy) is 1. The third-order valence-electron chi connectivity index (χ3n) is 4.25. The van der Waals surface area contributed by atoms with Crippen molar-refractivity contribution >= 4 is 0 Å². The predicted octanol–water partition coefficient (Wildman–Crippen LogP) is 1.94. The van der Waals surface area contributed by atoms with Crippen molar-refractivity contribution in [2.75, 3.05) is 26.3 Å². The molecule has 0 amide bonds. The molecule has 1 saturated heterocycles. The van der Waals surface area contributed by atoms with E-state index in [9.17, 15) is 0 Å². The summed E-state index contributed by atoms with van der Waals surface area (Å²) in [6, 6.07) is 2.37. The lowest BCUT2D eigenvalue weighted by atomic mass is 9.67. The molecule has 1 heterocycles. The smallest absolute Gasteiger partial charge is 0.116 e. The normalized spacial score (nSPS) is 24.3. The van der Waals surface area contributed by atoms with Crippen LogP contribution in [0.15, 0.2) is 0 Å². The van der Waals surface area contributed by atoms with Crippen LogP contribution in [0.1, 0.15) is 33.1 Å². The molecule has 2 aliphatic rings. The third-order valence-corrected chi connectivity index (χ3v) is 4.25. The lowest BCUT2D eigenvalue weighted by Crippen LogP contribution is -2.50. The maximum absolute atomic E-state index is 9.06. The predicted molar refractivity (Wildman–Crippen MR) is 62.9 cm³/mol. The van der Waals surface area contributed by atoms with Crippen molar-refractivity contribution in [2.24, 2.45) is 16.7 Å². The third kappa shape index (κ3) is 2.23. The molecule has 0 aromatic rings. The van der Waals surface area contributed by atoms with Gasteiger partial charge in [0.05, 0.1) is 19.3 Å². The molecule has 1 aliphatic carbocycles. The molecule has 1 saturated carbocycles. The Morgan fingerprint density at radius 2 is 2.12 bits per heavy atom. The number of hydrogen-bond donors (Lipinski definition) is 1. The summed E-state index contributed by atoms with van der Waals surface area (Å²) in [4.78, 5) is 0. The number of nitriles is 1. The Morgan fingerprint density at radius 3 is 2.50 bits per heavy atom. The number of nitrogens with zero attached hydrogens (tertiary/aromatic N) is 1. The lowest BCUT2D eigenvalue weighted by Gasteiger charge is -2.42. The van der Waals surface area contributed by atoms with Crippen LogP contribution in [-0.2, 0) is 4.74 Å². The fourth-order valence-electron chi connectivity index (χ4n) is 2.51. The molecule has 0 radical (unpaired) electrons. The Balaban J connectivity index is 1.73. The molecular weight excluding hydrogens is 200 g/mol. The van der Waals surface area contributed by atoms with Gasteiger partial charge in [-0.3, -0.25) is 0 Å². The van der Waals surface area contributed by atoms with Crippen molar-refractivity contribution < 1.29 is 4.74 Å². The summed E-state index contributed by atoms with van der Waals surface area (Å²) in [6.07, 6.45) is 4.15. The van der Waals surface area contributed by atoms with E-state index < -0.39 is 0 Å². The summed E-state index contributed by atoms with van der Waals surface area (Å²) in [6.45, 7) is 7.65. The lowest BCUT2D eigenvalue weighted by molar-refractivity contribution is -0.0766. The highest BCUT2D eigenvalue weighted by Gasteiger charge is 2.40. The minimum absolute atomic E-state index is 0.240. The molecule has 2 rings (SSSR count). The van der Waals surface area contributed by atoms with Gasteiger partial charge in [0.1, 0.15) is 5.41 Å². The van der Waals surface area contributed by atoms with Gasteiger partial charge in [0.15, 0.2) is 0 Å². The highest BCUT2D eigenvalue weighted by Crippen LogP contribution is 2.41. The van der Waals surface area contributed by atoms with E-state index in [2.05, 4.69) is 25.2 Å². The van der Waals surface area contributed by atoms with Crippen LogP contribution in [0, 0.1) is 28.1 Å². The number of nitrogens with one attached hydrogen (secondary N) is 1. The maximum Gasteiger partial charge on any atom is 0.116 e. The van der Waals surface area contributed by atoms with Gasteiger partial charge < -0.3 is 10.1 Å². The highest BCUT2D eigenvalue weighted by atomic mass is 16.5. The molecule has 0 aromatic carbocycles. The molecule has 0 unspecified atom stereocenters. The Kier molecular flexibility index (Phi) is 3.23. The van der Waals surface area contributed by atoms with Crippen LogP contribution >= 0.6 is 0 Å². The van der Waals surface area contributed by atoms with Crippen molar-refractivity contribution in [3.8, 4) is 6.07 Å². The molecule has 90 valence electrons. The van der Waals surface area contributed by atoms with Crippen LogP contribution in [-0.4, -0.2) is 26.3 Å². The SMILES string of the molecule is CC(C)(CNCC1(C#N)COC1)C1CCC1. The van der Waals surface area contributed by atoms with E-state index in [0.717, 1.165) is 19.0 Å². The van der Waals surface area contributed by atoms with E-state index in [1.165, 1.54) is 19.3 Å². The van der Waals surface area contributed by atoms with Gasteiger partial charge in [-0.1, -0.05) is 20.3 Å². The molecule has 0 spiro atoms. The number of hydrogen-bond acceptors (Lipinski definition) is 3. The van der Waals surface area contributed by atoms with E-state index in [1.807, 2.05) is 0 Å². The Bertz CT molecular complexity index is 285. The van der Waals surface area contributed by atoms with Crippen molar-refractivity contribution in [1.29, 1.82) is 5.26 Å². The highest BCUT2D eigenvalue weighted by molar-refractivity contribution is 5.05. The molecule has 0 aromatic heterocycles. The van der Waals surface area contributed by atoms with E-state index in [1.54, 1.807) is 0 Å². The van der Waals surface area contributed by atoms with Crippen LogP contribution < -0.4 is 5.32 Å². The monoisotopic (exact) mass is 222 g/mol.